The SMILES string of the molecule is O=C1CN(C(=O)C=Cc2cccc(Cl)c2Cl)CCCN1. The summed E-state index contributed by atoms with van der Waals surface area (Å²) in [6.07, 6.45) is 3.78. The van der Waals surface area contributed by atoms with Gasteiger partial charge in [0.1, 0.15) is 0 Å². The third-order valence-electron chi connectivity index (χ3n) is 2.96. The lowest BCUT2D eigenvalue weighted by Crippen LogP contribution is -2.36. The molecule has 1 heterocycles. The maximum atomic E-state index is 12.0. The predicted octanol–water partition coefficient (Wildman–Crippen LogP) is 2.36. The molecule has 1 aliphatic rings. The monoisotopic (exact) mass is 312 g/mol. The summed E-state index contributed by atoms with van der Waals surface area (Å²) in [6, 6.07) is 5.22. The van der Waals surface area contributed by atoms with Crippen LogP contribution in [0.5, 0.6) is 0 Å². The minimum atomic E-state index is -0.210. The van der Waals surface area contributed by atoms with E-state index in [4.69, 9.17) is 23.2 Å². The number of benzene rings is 1. The minimum absolute atomic E-state index is 0.0897. The fraction of sp³-hybridized carbons (Fsp3) is 0.286. The van der Waals surface area contributed by atoms with Crippen molar-refractivity contribution in [2.75, 3.05) is 19.6 Å². The first-order chi connectivity index (χ1) is 9.58. The molecule has 1 aromatic carbocycles. The largest absolute Gasteiger partial charge is 0.354 e. The van der Waals surface area contributed by atoms with E-state index in [1.54, 1.807) is 24.3 Å². The lowest BCUT2D eigenvalue weighted by molar-refractivity contribution is -0.131. The molecule has 2 amide bonds. The highest BCUT2D eigenvalue weighted by Gasteiger charge is 2.17. The lowest BCUT2D eigenvalue weighted by Gasteiger charge is -2.16. The summed E-state index contributed by atoms with van der Waals surface area (Å²) in [7, 11) is 0. The van der Waals surface area contributed by atoms with Gasteiger partial charge in [-0.1, -0.05) is 35.3 Å². The van der Waals surface area contributed by atoms with Gasteiger partial charge in [-0.15, -0.1) is 0 Å². The predicted molar refractivity (Wildman–Crippen MR) is 79.7 cm³/mol. The van der Waals surface area contributed by atoms with Crippen molar-refractivity contribution >= 4 is 41.1 Å². The van der Waals surface area contributed by atoms with Crippen LogP contribution in [-0.2, 0) is 9.59 Å². The second kappa shape index (κ2) is 6.77. The zero-order valence-electron chi connectivity index (χ0n) is 10.7. The molecule has 0 bridgehead atoms. The van der Waals surface area contributed by atoms with E-state index in [1.807, 2.05) is 0 Å². The molecule has 0 aromatic heterocycles. The van der Waals surface area contributed by atoms with Gasteiger partial charge >= 0.3 is 0 Å². The highest BCUT2D eigenvalue weighted by atomic mass is 35.5. The Bertz CT molecular complexity index is 558. The highest BCUT2D eigenvalue weighted by molar-refractivity contribution is 6.42. The van der Waals surface area contributed by atoms with Crippen molar-refractivity contribution in [3.63, 3.8) is 0 Å². The number of hydrogen-bond donors (Lipinski definition) is 1. The fourth-order valence-corrected chi connectivity index (χ4v) is 2.28. The molecule has 4 nitrogen and oxygen atoms in total. The standard InChI is InChI=1S/C14H14Cl2N2O2/c15-11-4-1-3-10(14(11)16)5-6-13(20)18-8-2-7-17-12(19)9-18/h1,3-6H,2,7-9H2,(H,17,19). The molecular weight excluding hydrogens is 299 g/mol. The zero-order valence-corrected chi connectivity index (χ0v) is 12.2. The summed E-state index contributed by atoms with van der Waals surface area (Å²) in [6.45, 7) is 1.25. The van der Waals surface area contributed by atoms with Crippen LogP contribution in [-0.4, -0.2) is 36.3 Å². The van der Waals surface area contributed by atoms with Gasteiger partial charge in [-0.25, -0.2) is 0 Å². The van der Waals surface area contributed by atoms with Crippen LogP contribution in [0.3, 0.4) is 0 Å². The molecule has 0 aliphatic carbocycles. The molecule has 0 saturated carbocycles. The van der Waals surface area contributed by atoms with Gasteiger partial charge in [-0.2, -0.15) is 0 Å². The molecule has 1 fully saturated rings. The normalized spacial score (nSPS) is 16.1. The smallest absolute Gasteiger partial charge is 0.247 e. The van der Waals surface area contributed by atoms with Crippen LogP contribution in [0, 0.1) is 0 Å². The van der Waals surface area contributed by atoms with E-state index in [1.165, 1.54) is 11.0 Å². The van der Waals surface area contributed by atoms with Crippen LogP contribution < -0.4 is 5.32 Å². The van der Waals surface area contributed by atoms with Crippen LogP contribution in [0.4, 0.5) is 0 Å². The van der Waals surface area contributed by atoms with Crippen LogP contribution in [0.2, 0.25) is 10.0 Å². The Morgan fingerprint density at radius 2 is 2.15 bits per heavy atom. The first-order valence-electron chi connectivity index (χ1n) is 6.25. The minimum Gasteiger partial charge on any atom is -0.354 e. The molecule has 1 aliphatic heterocycles. The molecule has 2 rings (SSSR count). The van der Waals surface area contributed by atoms with E-state index in [-0.39, 0.29) is 18.4 Å². The topological polar surface area (TPSA) is 49.4 Å². The number of halogens is 2. The molecule has 1 saturated heterocycles. The van der Waals surface area contributed by atoms with Crippen molar-refractivity contribution in [3.8, 4) is 0 Å². The molecule has 1 N–H and O–H groups in total. The third-order valence-corrected chi connectivity index (χ3v) is 3.79. The van der Waals surface area contributed by atoms with E-state index in [9.17, 15) is 9.59 Å². The van der Waals surface area contributed by atoms with Crippen LogP contribution in [0.25, 0.3) is 6.08 Å². The van der Waals surface area contributed by atoms with Crippen molar-refractivity contribution < 1.29 is 9.59 Å². The quantitative estimate of drug-likeness (QED) is 0.852. The average molecular weight is 313 g/mol. The molecule has 20 heavy (non-hydrogen) atoms. The first-order valence-corrected chi connectivity index (χ1v) is 7.01. The number of hydrogen-bond acceptors (Lipinski definition) is 2. The van der Waals surface area contributed by atoms with Crippen molar-refractivity contribution in [1.82, 2.24) is 10.2 Å². The second-order valence-electron chi connectivity index (χ2n) is 4.44. The van der Waals surface area contributed by atoms with E-state index in [2.05, 4.69) is 5.32 Å². The molecule has 106 valence electrons. The molecule has 0 spiro atoms. The molecule has 0 unspecified atom stereocenters. The van der Waals surface area contributed by atoms with Crippen molar-refractivity contribution in [3.05, 3.63) is 39.9 Å². The summed E-state index contributed by atoms with van der Waals surface area (Å²) in [5.74, 6) is -0.344. The van der Waals surface area contributed by atoms with Crippen LogP contribution in [0.1, 0.15) is 12.0 Å². The maximum absolute atomic E-state index is 12.0. The van der Waals surface area contributed by atoms with Crippen molar-refractivity contribution in [2.24, 2.45) is 0 Å². The van der Waals surface area contributed by atoms with Gasteiger partial charge in [0.2, 0.25) is 11.8 Å². The van der Waals surface area contributed by atoms with Gasteiger partial charge in [0, 0.05) is 19.2 Å². The molecule has 1 aromatic rings. The number of nitrogens with one attached hydrogen (secondary N) is 1. The summed E-state index contributed by atoms with van der Waals surface area (Å²) in [4.78, 5) is 25.0. The average Bonchev–Trinajstić information content (AvgIpc) is 2.65. The van der Waals surface area contributed by atoms with Crippen molar-refractivity contribution in [1.29, 1.82) is 0 Å². The summed E-state index contributed by atoms with van der Waals surface area (Å²) >= 11 is 11.9. The fourth-order valence-electron chi connectivity index (χ4n) is 1.91. The lowest BCUT2D eigenvalue weighted by atomic mass is 10.2. The Balaban J connectivity index is 2.08. The van der Waals surface area contributed by atoms with Gasteiger partial charge in [0.05, 0.1) is 16.6 Å². The number of carbonyl (C=O) groups excluding carboxylic acids is 2. The number of rotatable bonds is 2. The van der Waals surface area contributed by atoms with Gasteiger partial charge in [0.15, 0.2) is 0 Å². The molecule has 0 radical (unpaired) electrons. The zero-order chi connectivity index (χ0) is 14.5. The Morgan fingerprint density at radius 1 is 1.35 bits per heavy atom. The second-order valence-corrected chi connectivity index (χ2v) is 5.22. The summed E-state index contributed by atoms with van der Waals surface area (Å²) < 4.78 is 0. The Labute approximate surface area is 127 Å². The molecule has 0 atom stereocenters. The summed E-state index contributed by atoms with van der Waals surface area (Å²) in [5.41, 5.74) is 0.673. The summed E-state index contributed by atoms with van der Waals surface area (Å²) in [5, 5.41) is 3.57. The Hall–Kier alpha value is -1.52. The first kappa shape index (κ1) is 14.9. The van der Waals surface area contributed by atoms with Gasteiger partial charge < -0.3 is 10.2 Å². The van der Waals surface area contributed by atoms with Crippen LogP contribution >= 0.6 is 23.2 Å². The highest BCUT2D eigenvalue weighted by Crippen LogP contribution is 2.26. The van der Waals surface area contributed by atoms with Gasteiger partial charge in [0.25, 0.3) is 0 Å². The van der Waals surface area contributed by atoms with Gasteiger partial charge in [-0.05, 0) is 24.1 Å². The molecule has 6 heteroatoms. The number of carbonyl (C=O) groups is 2. The van der Waals surface area contributed by atoms with E-state index in [0.29, 0.717) is 28.7 Å². The van der Waals surface area contributed by atoms with E-state index < -0.39 is 0 Å². The molecular formula is C14H14Cl2N2O2. The number of amides is 2. The van der Waals surface area contributed by atoms with Gasteiger partial charge in [-0.3, -0.25) is 9.59 Å². The maximum Gasteiger partial charge on any atom is 0.247 e. The van der Waals surface area contributed by atoms with E-state index in [0.717, 1.165) is 6.42 Å². The van der Waals surface area contributed by atoms with Crippen LogP contribution in [0.15, 0.2) is 24.3 Å². The third kappa shape index (κ3) is 3.74. The van der Waals surface area contributed by atoms with E-state index >= 15 is 0 Å². The Kier molecular flexibility index (Phi) is 5.04. The number of nitrogens with zero attached hydrogens (tertiary/aromatic N) is 1. The Morgan fingerprint density at radius 3 is 2.95 bits per heavy atom. The van der Waals surface area contributed by atoms with Crippen molar-refractivity contribution in [2.45, 2.75) is 6.42 Å².